The maximum atomic E-state index is 9.75. The Balaban J connectivity index is 1.27. The minimum Gasteiger partial charge on any atom is -0.393 e. The minimum absolute atomic E-state index is 0.0834. The molecule has 5 rings (SSSR count). The molecule has 5 nitrogen and oxygen atoms in total. The highest BCUT2D eigenvalue weighted by Gasteiger charge is 2.28. The molecule has 0 atom stereocenters. The summed E-state index contributed by atoms with van der Waals surface area (Å²) < 4.78 is 0. The van der Waals surface area contributed by atoms with E-state index in [4.69, 9.17) is 0 Å². The van der Waals surface area contributed by atoms with Crippen molar-refractivity contribution in [1.29, 1.82) is 0 Å². The number of nitrogens with zero attached hydrogens (tertiary/aromatic N) is 3. The Bertz CT molecular complexity index is 947. The zero-order chi connectivity index (χ0) is 19.6. The quantitative estimate of drug-likeness (QED) is 0.714. The number of hydrogen-bond acceptors (Lipinski definition) is 4. The third-order valence-electron chi connectivity index (χ3n) is 6.74. The Hall–Kier alpha value is -2.21. The van der Waals surface area contributed by atoms with Gasteiger partial charge in [-0.1, -0.05) is 42.5 Å². The lowest BCUT2D eigenvalue weighted by Gasteiger charge is -2.41. The number of benzene rings is 2. The molecule has 0 saturated carbocycles. The molecule has 0 amide bonds. The van der Waals surface area contributed by atoms with E-state index in [1.165, 1.54) is 34.7 Å². The van der Waals surface area contributed by atoms with Crippen molar-refractivity contribution in [3.63, 3.8) is 0 Å². The Kier molecular flexibility index (Phi) is 5.36. The highest BCUT2D eigenvalue weighted by atomic mass is 16.3. The van der Waals surface area contributed by atoms with Crippen LogP contribution < -0.4 is 0 Å². The number of likely N-dealkylation sites (tertiary alicyclic amines) is 2. The molecule has 152 valence electrons. The number of aromatic amines is 1. The number of piperidine rings is 2. The number of nitrogens with one attached hydrogen (secondary N) is 1. The summed E-state index contributed by atoms with van der Waals surface area (Å²) in [7, 11) is 0. The summed E-state index contributed by atoms with van der Waals surface area (Å²) in [5.74, 6) is 0. The van der Waals surface area contributed by atoms with Crippen LogP contribution >= 0.6 is 0 Å². The maximum Gasteiger partial charge on any atom is 0.0701 e. The van der Waals surface area contributed by atoms with Gasteiger partial charge < -0.3 is 10.0 Å². The van der Waals surface area contributed by atoms with Gasteiger partial charge in [-0.3, -0.25) is 10.00 Å². The number of H-pyrrole nitrogens is 1. The largest absolute Gasteiger partial charge is 0.393 e. The first kappa shape index (κ1) is 18.8. The molecule has 0 radical (unpaired) electrons. The highest BCUT2D eigenvalue weighted by Crippen LogP contribution is 2.30. The summed E-state index contributed by atoms with van der Waals surface area (Å²) >= 11 is 0. The predicted molar refractivity (Wildman–Crippen MR) is 117 cm³/mol. The van der Waals surface area contributed by atoms with E-state index >= 15 is 0 Å². The molecule has 1 aromatic heterocycles. The number of aliphatic hydroxyl groups excluding tert-OH is 1. The first-order chi connectivity index (χ1) is 14.3. The molecule has 2 N–H and O–H groups in total. The van der Waals surface area contributed by atoms with Gasteiger partial charge in [-0.05, 0) is 49.5 Å². The van der Waals surface area contributed by atoms with Gasteiger partial charge >= 0.3 is 0 Å². The van der Waals surface area contributed by atoms with Crippen molar-refractivity contribution in [2.45, 2.75) is 44.4 Å². The Morgan fingerprint density at radius 3 is 2.52 bits per heavy atom. The van der Waals surface area contributed by atoms with Crippen LogP contribution in [0.3, 0.4) is 0 Å². The Morgan fingerprint density at radius 2 is 1.69 bits per heavy atom. The van der Waals surface area contributed by atoms with Gasteiger partial charge in [-0.25, -0.2) is 0 Å². The SMILES string of the molecule is OC1CCN(C2CCN(Cc3cn[nH]c3-c3cccc4ccccc34)CC2)CC1. The van der Waals surface area contributed by atoms with Crippen molar-refractivity contribution in [3.8, 4) is 11.3 Å². The molecule has 29 heavy (non-hydrogen) atoms. The number of rotatable bonds is 4. The fourth-order valence-corrected chi connectivity index (χ4v) is 5.04. The molecule has 2 aromatic carbocycles. The van der Waals surface area contributed by atoms with Gasteiger partial charge in [0.15, 0.2) is 0 Å². The van der Waals surface area contributed by atoms with Gasteiger partial charge in [0.1, 0.15) is 0 Å². The number of aliphatic hydroxyl groups is 1. The standard InChI is InChI=1S/C24H30N4O/c29-21-10-14-28(15-11-21)20-8-12-27(13-9-20)17-19-16-25-26-24(19)23-7-3-5-18-4-1-2-6-22(18)23/h1-7,16,20-21,29H,8-15,17H2,(H,25,26). The lowest BCUT2D eigenvalue weighted by atomic mass is 9.97. The van der Waals surface area contributed by atoms with Crippen LogP contribution in [0.2, 0.25) is 0 Å². The monoisotopic (exact) mass is 390 g/mol. The van der Waals surface area contributed by atoms with Crippen LogP contribution in [0.1, 0.15) is 31.2 Å². The Morgan fingerprint density at radius 1 is 0.931 bits per heavy atom. The third-order valence-corrected chi connectivity index (χ3v) is 6.74. The second-order valence-corrected chi connectivity index (χ2v) is 8.57. The van der Waals surface area contributed by atoms with Crippen LogP contribution in [-0.4, -0.2) is 63.4 Å². The molecule has 2 aliphatic rings. The summed E-state index contributed by atoms with van der Waals surface area (Å²) in [6.45, 7) is 5.31. The van der Waals surface area contributed by atoms with E-state index in [2.05, 4.69) is 62.5 Å². The van der Waals surface area contributed by atoms with E-state index in [0.29, 0.717) is 6.04 Å². The molecule has 2 fully saturated rings. The van der Waals surface area contributed by atoms with Crippen LogP contribution in [0.15, 0.2) is 48.7 Å². The number of fused-ring (bicyclic) bond motifs is 1. The topological polar surface area (TPSA) is 55.4 Å². The lowest BCUT2D eigenvalue weighted by molar-refractivity contribution is 0.0376. The van der Waals surface area contributed by atoms with Crippen molar-refractivity contribution in [3.05, 3.63) is 54.2 Å². The molecular formula is C24H30N4O. The van der Waals surface area contributed by atoms with Crippen LogP contribution in [0, 0.1) is 0 Å². The van der Waals surface area contributed by atoms with Crippen LogP contribution in [0.25, 0.3) is 22.0 Å². The first-order valence-corrected chi connectivity index (χ1v) is 10.9. The van der Waals surface area contributed by atoms with E-state index < -0.39 is 0 Å². The minimum atomic E-state index is -0.0834. The summed E-state index contributed by atoms with van der Waals surface area (Å²) in [5.41, 5.74) is 3.66. The van der Waals surface area contributed by atoms with E-state index in [1.54, 1.807) is 0 Å². The molecule has 5 heteroatoms. The van der Waals surface area contributed by atoms with Gasteiger partial charge in [-0.15, -0.1) is 0 Å². The van der Waals surface area contributed by atoms with Crippen molar-refractivity contribution < 1.29 is 5.11 Å². The number of aromatic nitrogens is 2. The molecule has 0 spiro atoms. The van der Waals surface area contributed by atoms with Crippen LogP contribution in [-0.2, 0) is 6.54 Å². The molecular weight excluding hydrogens is 360 g/mol. The van der Waals surface area contributed by atoms with Crippen LogP contribution in [0.5, 0.6) is 0 Å². The third kappa shape index (κ3) is 3.95. The Labute approximate surface area is 172 Å². The zero-order valence-corrected chi connectivity index (χ0v) is 16.9. The molecule has 3 aromatic rings. The molecule has 0 bridgehead atoms. The van der Waals surface area contributed by atoms with Crippen LogP contribution in [0.4, 0.5) is 0 Å². The number of hydrogen-bond donors (Lipinski definition) is 2. The molecule has 0 aliphatic carbocycles. The smallest absolute Gasteiger partial charge is 0.0701 e. The highest BCUT2D eigenvalue weighted by molar-refractivity contribution is 5.96. The average Bonchev–Trinajstić information content (AvgIpc) is 3.22. The fourth-order valence-electron chi connectivity index (χ4n) is 5.04. The lowest BCUT2D eigenvalue weighted by Crippen LogP contribution is -2.48. The molecule has 0 unspecified atom stereocenters. The molecule has 2 saturated heterocycles. The van der Waals surface area contributed by atoms with Crippen molar-refractivity contribution in [2.24, 2.45) is 0 Å². The van der Waals surface area contributed by atoms with E-state index in [-0.39, 0.29) is 6.10 Å². The van der Waals surface area contributed by atoms with Crippen molar-refractivity contribution >= 4 is 10.8 Å². The first-order valence-electron chi connectivity index (χ1n) is 10.9. The normalized spacial score (nSPS) is 20.4. The van der Waals surface area contributed by atoms with Gasteiger partial charge in [0.2, 0.25) is 0 Å². The molecule has 2 aliphatic heterocycles. The summed E-state index contributed by atoms with van der Waals surface area (Å²) in [6.07, 6.45) is 6.22. The van der Waals surface area contributed by atoms with Gasteiger partial charge in [0.25, 0.3) is 0 Å². The van der Waals surface area contributed by atoms with Crippen molar-refractivity contribution in [2.75, 3.05) is 26.2 Å². The maximum absolute atomic E-state index is 9.75. The summed E-state index contributed by atoms with van der Waals surface area (Å²) in [4.78, 5) is 5.16. The van der Waals surface area contributed by atoms with E-state index in [1.807, 2.05) is 6.20 Å². The average molecular weight is 391 g/mol. The summed E-state index contributed by atoms with van der Waals surface area (Å²) in [6, 6.07) is 15.7. The molecule has 3 heterocycles. The second kappa shape index (κ2) is 8.27. The second-order valence-electron chi connectivity index (χ2n) is 8.57. The van der Waals surface area contributed by atoms with Crippen molar-refractivity contribution in [1.82, 2.24) is 20.0 Å². The summed E-state index contributed by atoms with van der Waals surface area (Å²) in [5, 5.41) is 19.9. The zero-order valence-electron chi connectivity index (χ0n) is 16.9. The van der Waals surface area contributed by atoms with E-state index in [9.17, 15) is 5.11 Å². The van der Waals surface area contributed by atoms with Gasteiger partial charge in [0, 0.05) is 36.8 Å². The van der Waals surface area contributed by atoms with Gasteiger partial charge in [-0.2, -0.15) is 5.10 Å². The fraction of sp³-hybridized carbons (Fsp3) is 0.458. The predicted octanol–water partition coefficient (Wildman–Crippen LogP) is 3.65. The van der Waals surface area contributed by atoms with Gasteiger partial charge in [0.05, 0.1) is 18.0 Å². The van der Waals surface area contributed by atoms with E-state index in [0.717, 1.165) is 51.3 Å².